The van der Waals surface area contributed by atoms with Crippen molar-refractivity contribution in [3.05, 3.63) is 35.6 Å². The summed E-state index contributed by atoms with van der Waals surface area (Å²) in [6.45, 7) is 9.44. The quantitative estimate of drug-likeness (QED) is 0.891. The van der Waals surface area contributed by atoms with Crippen LogP contribution in [0.4, 0.5) is 9.18 Å². The van der Waals surface area contributed by atoms with Gasteiger partial charge in [-0.05, 0) is 26.8 Å². The smallest absolute Gasteiger partial charge is 0.410 e. The number of rotatable bonds is 4. The Bertz CT molecular complexity index is 637. The van der Waals surface area contributed by atoms with Crippen molar-refractivity contribution in [1.82, 2.24) is 15.1 Å². The fourth-order valence-corrected chi connectivity index (χ4v) is 2.96. The number of piperazine rings is 1. The maximum atomic E-state index is 14.3. The third-order valence-electron chi connectivity index (χ3n) is 4.22. The number of benzene rings is 1. The number of hydrogen-bond acceptors (Lipinski definition) is 4. The predicted octanol–water partition coefficient (Wildman–Crippen LogP) is 2.56. The van der Waals surface area contributed by atoms with Crippen molar-refractivity contribution in [3.8, 4) is 0 Å². The highest BCUT2D eigenvalue weighted by molar-refractivity contribution is 5.72. The minimum Gasteiger partial charge on any atom is -0.444 e. The average Bonchev–Trinajstić information content (AvgIpc) is 2.55. The Hall–Kier alpha value is -2.15. The summed E-state index contributed by atoms with van der Waals surface area (Å²) in [4.78, 5) is 27.3. The van der Waals surface area contributed by atoms with Gasteiger partial charge in [-0.2, -0.15) is 0 Å². The number of carbonyl (C=O) groups excluding carboxylic acids is 2. The van der Waals surface area contributed by atoms with Crippen molar-refractivity contribution in [2.24, 2.45) is 0 Å². The van der Waals surface area contributed by atoms with E-state index < -0.39 is 5.60 Å². The molecule has 0 saturated carbocycles. The first-order chi connectivity index (χ1) is 12.2. The van der Waals surface area contributed by atoms with E-state index in [9.17, 15) is 14.0 Å². The monoisotopic (exact) mass is 365 g/mol. The highest BCUT2D eigenvalue weighted by atomic mass is 19.1. The molecule has 1 fully saturated rings. The molecule has 0 spiro atoms. The van der Waals surface area contributed by atoms with Crippen LogP contribution >= 0.6 is 0 Å². The van der Waals surface area contributed by atoms with Crippen molar-refractivity contribution >= 4 is 12.0 Å². The van der Waals surface area contributed by atoms with Crippen LogP contribution < -0.4 is 5.32 Å². The number of carbonyl (C=O) groups is 2. The van der Waals surface area contributed by atoms with Crippen molar-refractivity contribution < 1.29 is 18.7 Å². The van der Waals surface area contributed by atoms with Crippen LogP contribution in [-0.2, 0) is 9.53 Å². The molecule has 1 saturated heterocycles. The second-order valence-corrected chi connectivity index (χ2v) is 7.48. The van der Waals surface area contributed by atoms with Crippen LogP contribution in [0.1, 0.15) is 39.3 Å². The van der Waals surface area contributed by atoms with Gasteiger partial charge < -0.3 is 15.0 Å². The Balaban J connectivity index is 2.05. The molecule has 0 radical (unpaired) electrons. The Morgan fingerprint density at radius 2 is 1.81 bits per heavy atom. The molecule has 1 heterocycles. The molecule has 6 nitrogen and oxygen atoms in total. The molecule has 1 aliphatic heterocycles. The highest BCUT2D eigenvalue weighted by Gasteiger charge is 2.30. The van der Waals surface area contributed by atoms with Gasteiger partial charge >= 0.3 is 6.09 Å². The van der Waals surface area contributed by atoms with E-state index in [1.165, 1.54) is 13.0 Å². The molecule has 2 rings (SSSR count). The first-order valence-electron chi connectivity index (χ1n) is 8.88. The predicted molar refractivity (Wildman–Crippen MR) is 97.2 cm³/mol. The first-order valence-corrected chi connectivity index (χ1v) is 8.88. The zero-order valence-corrected chi connectivity index (χ0v) is 15.9. The van der Waals surface area contributed by atoms with E-state index in [-0.39, 0.29) is 23.9 Å². The second-order valence-electron chi connectivity index (χ2n) is 7.48. The maximum absolute atomic E-state index is 14.3. The molecule has 0 bridgehead atoms. The lowest BCUT2D eigenvalue weighted by Gasteiger charge is -2.39. The molecule has 0 aromatic heterocycles. The third kappa shape index (κ3) is 5.69. The summed E-state index contributed by atoms with van der Waals surface area (Å²) in [6, 6.07) is 6.32. The van der Waals surface area contributed by atoms with Crippen LogP contribution in [0.5, 0.6) is 0 Å². The second kappa shape index (κ2) is 8.49. The molecule has 2 amide bonds. The number of nitrogens with one attached hydrogen (secondary N) is 1. The zero-order chi connectivity index (χ0) is 19.3. The number of halogens is 1. The molecule has 7 heteroatoms. The van der Waals surface area contributed by atoms with Crippen LogP contribution in [-0.4, -0.2) is 60.1 Å². The topological polar surface area (TPSA) is 61.9 Å². The molecule has 0 aliphatic carbocycles. The maximum Gasteiger partial charge on any atom is 0.410 e. The van der Waals surface area contributed by atoms with Crippen LogP contribution in [0.15, 0.2) is 24.3 Å². The molecular weight excluding hydrogens is 337 g/mol. The number of nitrogens with zero attached hydrogens (tertiary/aromatic N) is 2. The van der Waals surface area contributed by atoms with E-state index in [2.05, 4.69) is 10.2 Å². The SMILES string of the molecule is CC(=O)NCC(c1ccccc1F)N1CCN(C(=O)OC(C)(C)C)CC1. The fraction of sp³-hybridized carbons (Fsp3) is 0.579. The minimum atomic E-state index is -0.532. The lowest BCUT2D eigenvalue weighted by atomic mass is 10.0. The standard InChI is InChI=1S/C19H28FN3O3/c1-14(24)21-13-17(15-7-5-6-8-16(15)20)22-9-11-23(12-10-22)18(25)26-19(2,3)4/h5-8,17H,9-13H2,1-4H3,(H,21,24). The lowest BCUT2D eigenvalue weighted by Crippen LogP contribution is -2.52. The summed E-state index contributed by atoms with van der Waals surface area (Å²) in [5, 5.41) is 2.78. The lowest BCUT2D eigenvalue weighted by molar-refractivity contribution is -0.119. The Kier molecular flexibility index (Phi) is 6.58. The van der Waals surface area contributed by atoms with Crippen molar-refractivity contribution in [2.45, 2.75) is 39.3 Å². The van der Waals surface area contributed by atoms with Crippen molar-refractivity contribution in [3.63, 3.8) is 0 Å². The normalized spacial score (nSPS) is 16.9. The molecule has 144 valence electrons. The van der Waals surface area contributed by atoms with Crippen LogP contribution in [0.3, 0.4) is 0 Å². The van der Waals surface area contributed by atoms with Crippen LogP contribution in [0, 0.1) is 5.82 Å². The third-order valence-corrected chi connectivity index (χ3v) is 4.22. The summed E-state index contributed by atoms with van der Waals surface area (Å²) >= 11 is 0. The van der Waals surface area contributed by atoms with E-state index >= 15 is 0 Å². The van der Waals surface area contributed by atoms with Crippen molar-refractivity contribution in [1.29, 1.82) is 0 Å². The van der Waals surface area contributed by atoms with Gasteiger partial charge in [-0.25, -0.2) is 9.18 Å². The summed E-state index contributed by atoms with van der Waals surface area (Å²) in [5.74, 6) is -0.448. The molecule has 26 heavy (non-hydrogen) atoms. The molecule has 1 aliphatic rings. The van der Waals surface area contributed by atoms with Gasteiger partial charge in [0.25, 0.3) is 0 Å². The number of amides is 2. The van der Waals surface area contributed by atoms with E-state index in [0.29, 0.717) is 38.3 Å². The van der Waals surface area contributed by atoms with Gasteiger partial charge in [-0.15, -0.1) is 0 Å². The summed E-state index contributed by atoms with van der Waals surface area (Å²) in [5.41, 5.74) is 0.0157. The Morgan fingerprint density at radius 3 is 2.35 bits per heavy atom. The van der Waals surface area contributed by atoms with Gasteiger partial charge in [0, 0.05) is 45.2 Å². The number of ether oxygens (including phenoxy) is 1. The van der Waals surface area contributed by atoms with Gasteiger partial charge in [0.05, 0.1) is 6.04 Å². The molecule has 1 aromatic rings. The van der Waals surface area contributed by atoms with Gasteiger partial charge in [0.15, 0.2) is 0 Å². The summed E-state index contributed by atoms with van der Waals surface area (Å²) in [7, 11) is 0. The van der Waals surface area contributed by atoms with E-state index in [4.69, 9.17) is 4.74 Å². The van der Waals surface area contributed by atoms with E-state index in [0.717, 1.165) is 0 Å². The molecule has 1 aromatic carbocycles. The van der Waals surface area contributed by atoms with E-state index in [1.54, 1.807) is 23.1 Å². The zero-order valence-electron chi connectivity index (χ0n) is 15.9. The summed E-state index contributed by atoms with van der Waals surface area (Å²) < 4.78 is 19.7. The number of hydrogen-bond donors (Lipinski definition) is 1. The fourth-order valence-electron chi connectivity index (χ4n) is 2.96. The van der Waals surface area contributed by atoms with Gasteiger partial charge in [-0.1, -0.05) is 18.2 Å². The van der Waals surface area contributed by atoms with Gasteiger partial charge in [-0.3, -0.25) is 9.69 Å². The largest absolute Gasteiger partial charge is 0.444 e. The Morgan fingerprint density at radius 1 is 1.19 bits per heavy atom. The molecule has 1 unspecified atom stereocenters. The van der Waals surface area contributed by atoms with Crippen molar-refractivity contribution in [2.75, 3.05) is 32.7 Å². The first kappa shape index (κ1) is 20.2. The molecule has 1 N–H and O–H groups in total. The van der Waals surface area contributed by atoms with E-state index in [1.807, 2.05) is 20.8 Å². The van der Waals surface area contributed by atoms with Gasteiger partial charge in [0.1, 0.15) is 11.4 Å². The minimum absolute atomic E-state index is 0.154. The Labute approximate surface area is 154 Å². The average molecular weight is 365 g/mol. The van der Waals surface area contributed by atoms with Gasteiger partial charge in [0.2, 0.25) is 5.91 Å². The van der Waals surface area contributed by atoms with Crippen LogP contribution in [0.2, 0.25) is 0 Å². The van der Waals surface area contributed by atoms with Crippen LogP contribution in [0.25, 0.3) is 0 Å². The summed E-state index contributed by atoms with van der Waals surface area (Å²) in [6.07, 6.45) is -0.332. The molecular formula is C19H28FN3O3. The highest BCUT2D eigenvalue weighted by Crippen LogP contribution is 2.24. The molecule has 1 atom stereocenters.